The lowest BCUT2D eigenvalue weighted by atomic mass is 10.0. The Morgan fingerprint density at radius 2 is 2.18 bits per heavy atom. The summed E-state index contributed by atoms with van der Waals surface area (Å²) in [5.74, 6) is -0.384. The van der Waals surface area contributed by atoms with Crippen molar-refractivity contribution >= 4 is 23.1 Å². The number of hydrogen-bond donors (Lipinski definition) is 3. The number of imidazole rings is 1. The number of nitrogens with zero attached hydrogens (tertiary/aromatic N) is 5. The Kier molecular flexibility index (Phi) is 4.15. The number of fused-ring (bicyclic) bond motifs is 1. The largest absolute Gasteiger partial charge is 0.342 e. The molecule has 1 atom stereocenters. The number of rotatable bonds is 3. The van der Waals surface area contributed by atoms with Crippen molar-refractivity contribution in [2.45, 2.75) is 13.0 Å². The SMILES string of the molecule is CC(NC(=O)n1cc(-c2ccnc3[nH]c(=O)[nH]c23)cn1)C(=O)N1CC(C#N)C1. The van der Waals surface area contributed by atoms with Crippen LogP contribution in [0.1, 0.15) is 6.92 Å². The average molecular weight is 380 g/mol. The van der Waals surface area contributed by atoms with Gasteiger partial charge in [-0.1, -0.05) is 0 Å². The van der Waals surface area contributed by atoms with Gasteiger partial charge in [0, 0.05) is 36.6 Å². The highest BCUT2D eigenvalue weighted by Crippen LogP contribution is 2.24. The molecule has 28 heavy (non-hydrogen) atoms. The van der Waals surface area contributed by atoms with Crippen LogP contribution in [0.5, 0.6) is 0 Å². The predicted molar refractivity (Wildman–Crippen MR) is 97.0 cm³/mol. The Bertz CT molecular complexity index is 1160. The maximum atomic E-state index is 12.4. The van der Waals surface area contributed by atoms with Crippen molar-refractivity contribution in [3.63, 3.8) is 0 Å². The van der Waals surface area contributed by atoms with Gasteiger partial charge in [0.2, 0.25) is 5.91 Å². The molecule has 1 aliphatic heterocycles. The number of nitrogens with one attached hydrogen (secondary N) is 3. The van der Waals surface area contributed by atoms with Gasteiger partial charge >= 0.3 is 11.7 Å². The second-order valence-electron chi connectivity index (χ2n) is 6.58. The molecule has 1 aliphatic rings. The highest BCUT2D eigenvalue weighted by molar-refractivity contribution is 5.90. The van der Waals surface area contributed by atoms with Crippen LogP contribution in [0.25, 0.3) is 22.3 Å². The van der Waals surface area contributed by atoms with Gasteiger partial charge in [-0.2, -0.15) is 15.0 Å². The number of carbonyl (C=O) groups excluding carboxylic acids is 2. The lowest BCUT2D eigenvalue weighted by Gasteiger charge is -2.36. The van der Waals surface area contributed by atoms with Crippen LogP contribution in [-0.2, 0) is 4.79 Å². The zero-order valence-corrected chi connectivity index (χ0v) is 14.8. The van der Waals surface area contributed by atoms with E-state index in [1.165, 1.54) is 17.3 Å². The van der Waals surface area contributed by atoms with E-state index >= 15 is 0 Å². The van der Waals surface area contributed by atoms with E-state index in [2.05, 4.69) is 31.4 Å². The van der Waals surface area contributed by atoms with Crippen LogP contribution in [0.15, 0.2) is 29.5 Å². The summed E-state index contributed by atoms with van der Waals surface area (Å²) in [6.45, 7) is 2.35. The molecule has 4 rings (SSSR count). The molecule has 0 bridgehead atoms. The molecule has 142 valence electrons. The van der Waals surface area contributed by atoms with E-state index in [-0.39, 0.29) is 17.5 Å². The first-order valence-corrected chi connectivity index (χ1v) is 8.57. The van der Waals surface area contributed by atoms with Crippen LogP contribution in [0.3, 0.4) is 0 Å². The summed E-state index contributed by atoms with van der Waals surface area (Å²) in [6, 6.07) is 2.50. The molecule has 11 nitrogen and oxygen atoms in total. The summed E-state index contributed by atoms with van der Waals surface area (Å²) in [6.07, 6.45) is 4.53. The van der Waals surface area contributed by atoms with E-state index in [0.717, 1.165) is 4.68 Å². The Balaban J connectivity index is 1.48. The molecule has 0 aromatic carbocycles. The van der Waals surface area contributed by atoms with Crippen LogP contribution in [0.4, 0.5) is 4.79 Å². The van der Waals surface area contributed by atoms with Crippen molar-refractivity contribution in [2.75, 3.05) is 13.1 Å². The molecule has 0 radical (unpaired) electrons. The number of aromatic nitrogens is 5. The number of carbonyl (C=O) groups is 2. The van der Waals surface area contributed by atoms with Gasteiger partial charge in [0.15, 0.2) is 5.65 Å². The van der Waals surface area contributed by atoms with Gasteiger partial charge in [0.25, 0.3) is 0 Å². The summed E-state index contributed by atoms with van der Waals surface area (Å²) in [5.41, 5.74) is 1.81. The number of aromatic amines is 2. The topological polar surface area (TPSA) is 153 Å². The van der Waals surface area contributed by atoms with Crippen LogP contribution < -0.4 is 11.0 Å². The fourth-order valence-corrected chi connectivity index (χ4v) is 3.08. The minimum atomic E-state index is -0.742. The maximum Gasteiger partial charge on any atom is 0.342 e. The first kappa shape index (κ1) is 17.5. The number of amides is 2. The van der Waals surface area contributed by atoms with E-state index in [1.807, 2.05) is 0 Å². The van der Waals surface area contributed by atoms with Gasteiger partial charge in [0.1, 0.15) is 6.04 Å². The quantitative estimate of drug-likeness (QED) is 0.583. The fraction of sp³-hybridized carbons (Fsp3) is 0.294. The van der Waals surface area contributed by atoms with Gasteiger partial charge in [-0.25, -0.2) is 14.6 Å². The van der Waals surface area contributed by atoms with Crippen LogP contribution >= 0.6 is 0 Å². The summed E-state index contributed by atoms with van der Waals surface area (Å²) < 4.78 is 1.09. The van der Waals surface area contributed by atoms with Crippen molar-refractivity contribution in [2.24, 2.45) is 5.92 Å². The number of likely N-dealkylation sites (tertiary alicyclic amines) is 1. The minimum Gasteiger partial charge on any atom is -0.338 e. The van der Waals surface area contributed by atoms with Crippen molar-refractivity contribution in [1.82, 2.24) is 34.9 Å². The van der Waals surface area contributed by atoms with Crippen LogP contribution in [0, 0.1) is 17.2 Å². The molecule has 3 aromatic rings. The molecule has 0 spiro atoms. The van der Waals surface area contributed by atoms with Gasteiger partial charge in [-0.15, -0.1) is 0 Å². The highest BCUT2D eigenvalue weighted by Gasteiger charge is 2.33. The summed E-state index contributed by atoms with van der Waals surface area (Å²) in [4.78, 5) is 47.0. The third kappa shape index (κ3) is 3.01. The van der Waals surface area contributed by atoms with Crippen LogP contribution in [0.2, 0.25) is 0 Å². The first-order valence-electron chi connectivity index (χ1n) is 8.57. The fourth-order valence-electron chi connectivity index (χ4n) is 3.08. The molecule has 3 aromatic heterocycles. The summed E-state index contributed by atoms with van der Waals surface area (Å²) in [5, 5.41) is 15.4. The maximum absolute atomic E-state index is 12.4. The number of pyridine rings is 1. The molecule has 1 unspecified atom stereocenters. The molecule has 0 aliphatic carbocycles. The number of H-pyrrole nitrogens is 2. The predicted octanol–water partition coefficient (Wildman–Crippen LogP) is 0.0429. The average Bonchev–Trinajstić information content (AvgIpc) is 3.26. The second-order valence-corrected chi connectivity index (χ2v) is 6.58. The molecule has 1 saturated heterocycles. The van der Waals surface area contributed by atoms with Crippen molar-refractivity contribution < 1.29 is 9.59 Å². The van der Waals surface area contributed by atoms with E-state index in [9.17, 15) is 14.4 Å². The Labute approximate surface area is 158 Å². The minimum absolute atomic E-state index is 0.141. The molecular formula is C17H16N8O3. The standard InChI is InChI=1S/C17H16N8O3/c1-9(15(26)24-6-10(4-18)7-24)21-17(28)25-8-11(5-20-25)12-2-3-19-14-13(12)22-16(27)23-14/h2-3,5,8-10H,6-7H2,1H3,(H,21,28)(H2,19,22,23,27). The molecule has 11 heteroatoms. The third-order valence-electron chi connectivity index (χ3n) is 4.61. The molecular weight excluding hydrogens is 364 g/mol. The molecule has 3 N–H and O–H groups in total. The lowest BCUT2D eigenvalue weighted by Crippen LogP contribution is -2.56. The summed E-state index contributed by atoms with van der Waals surface area (Å²) in [7, 11) is 0. The van der Waals surface area contributed by atoms with Crippen molar-refractivity contribution in [3.05, 3.63) is 35.1 Å². The van der Waals surface area contributed by atoms with Gasteiger partial charge in [-0.05, 0) is 13.0 Å². The number of nitriles is 1. The zero-order chi connectivity index (χ0) is 19.8. The number of hydrogen-bond acceptors (Lipinski definition) is 6. The van der Waals surface area contributed by atoms with Gasteiger partial charge in [0.05, 0.1) is 23.7 Å². The molecule has 0 saturated carbocycles. The zero-order valence-electron chi connectivity index (χ0n) is 14.8. The van der Waals surface area contributed by atoms with Gasteiger partial charge < -0.3 is 15.2 Å². The van der Waals surface area contributed by atoms with E-state index in [4.69, 9.17) is 5.26 Å². The lowest BCUT2D eigenvalue weighted by molar-refractivity contribution is -0.137. The molecule has 4 heterocycles. The highest BCUT2D eigenvalue weighted by atomic mass is 16.2. The van der Waals surface area contributed by atoms with Crippen molar-refractivity contribution in [1.29, 1.82) is 5.26 Å². The Morgan fingerprint density at radius 1 is 1.39 bits per heavy atom. The Morgan fingerprint density at radius 3 is 2.93 bits per heavy atom. The Hall–Kier alpha value is -3.94. The van der Waals surface area contributed by atoms with Crippen LogP contribution in [-0.4, -0.2) is 60.7 Å². The second kappa shape index (κ2) is 6.66. The van der Waals surface area contributed by atoms with Crippen molar-refractivity contribution in [3.8, 4) is 17.2 Å². The normalized spacial score (nSPS) is 15.1. The van der Waals surface area contributed by atoms with E-state index in [1.54, 1.807) is 19.2 Å². The van der Waals surface area contributed by atoms with Gasteiger partial charge in [-0.3, -0.25) is 9.78 Å². The van der Waals surface area contributed by atoms with E-state index in [0.29, 0.717) is 35.4 Å². The molecule has 1 fully saturated rings. The molecule has 2 amide bonds. The van der Waals surface area contributed by atoms with E-state index < -0.39 is 12.1 Å². The third-order valence-corrected chi connectivity index (χ3v) is 4.61. The monoisotopic (exact) mass is 380 g/mol. The smallest absolute Gasteiger partial charge is 0.338 e. The first-order chi connectivity index (χ1) is 13.5. The summed E-state index contributed by atoms with van der Waals surface area (Å²) >= 11 is 0.